The van der Waals surface area contributed by atoms with E-state index in [1.54, 1.807) is 0 Å². The number of amides is 1. The summed E-state index contributed by atoms with van der Waals surface area (Å²) in [6, 6.07) is 0. The van der Waals surface area contributed by atoms with E-state index in [1.807, 2.05) is 0 Å². The lowest BCUT2D eigenvalue weighted by Gasteiger charge is -1.92. The second kappa shape index (κ2) is 3.21. The predicted molar refractivity (Wildman–Crippen MR) is 39.8 cm³/mol. The smallest absolute Gasteiger partial charge is 0.325 e. The summed E-state index contributed by atoms with van der Waals surface area (Å²) in [4.78, 5) is 21.4. The third kappa shape index (κ3) is 1.81. The maximum absolute atomic E-state index is 10.9. The van der Waals surface area contributed by atoms with E-state index in [-0.39, 0.29) is 16.4 Å². The number of carbonyl (C=O) groups is 2. The molecular weight excluding hydrogens is 178 g/mol. The number of rotatable bonds is 2. The van der Waals surface area contributed by atoms with Crippen molar-refractivity contribution < 1.29 is 19.1 Å². The zero-order chi connectivity index (χ0) is 10.0. The molecule has 1 aromatic rings. The van der Waals surface area contributed by atoms with Gasteiger partial charge < -0.3 is 5.21 Å². The predicted octanol–water partition coefficient (Wildman–Crippen LogP) is -0.531. The van der Waals surface area contributed by atoms with Crippen LogP contribution in [0.15, 0.2) is 4.63 Å². The topological polar surface area (TPSA) is 99.1 Å². The summed E-state index contributed by atoms with van der Waals surface area (Å²) < 4.78 is 4.13. The maximum atomic E-state index is 10.9. The van der Waals surface area contributed by atoms with Crippen molar-refractivity contribution in [1.29, 1.82) is 0 Å². The molecule has 0 aliphatic heterocycles. The van der Waals surface area contributed by atoms with Gasteiger partial charge in [-0.2, -0.15) is 0 Å². The molecule has 7 heteroatoms. The number of nitrogens with zero attached hydrogens (tertiary/aromatic N) is 2. The average Bonchev–Trinajstić information content (AvgIpc) is 2.30. The number of aromatic nitrogens is 2. The Morgan fingerprint density at radius 3 is 2.62 bits per heavy atom. The molecule has 0 saturated heterocycles. The van der Waals surface area contributed by atoms with Gasteiger partial charge in [0.15, 0.2) is 0 Å². The number of nitrogens with one attached hydrogen (secondary N) is 1. The van der Waals surface area contributed by atoms with Crippen LogP contribution in [0.25, 0.3) is 0 Å². The van der Waals surface area contributed by atoms with E-state index in [4.69, 9.17) is 0 Å². The van der Waals surface area contributed by atoms with Gasteiger partial charge >= 0.3 is 5.82 Å². The van der Waals surface area contributed by atoms with Crippen LogP contribution in [0.4, 0.5) is 5.82 Å². The third-order valence-corrected chi connectivity index (χ3v) is 1.24. The molecule has 1 rings (SSSR count). The molecule has 70 valence electrons. The molecule has 0 aliphatic rings. The van der Waals surface area contributed by atoms with Crippen LogP contribution >= 0.6 is 0 Å². The van der Waals surface area contributed by atoms with Crippen molar-refractivity contribution in [3.63, 3.8) is 0 Å². The van der Waals surface area contributed by atoms with Gasteiger partial charge in [-0.3, -0.25) is 19.5 Å². The van der Waals surface area contributed by atoms with Gasteiger partial charge in [0.2, 0.25) is 11.7 Å². The Labute approximate surface area is 72.9 Å². The van der Waals surface area contributed by atoms with E-state index in [9.17, 15) is 14.8 Å². The Bertz CT molecular complexity index is 357. The summed E-state index contributed by atoms with van der Waals surface area (Å²) in [6.07, 6.45) is 0. The molecule has 1 N–H and O–H groups in total. The molecular formula is C6H7N3O4. The first-order valence-corrected chi connectivity index (χ1v) is 3.40. The van der Waals surface area contributed by atoms with Gasteiger partial charge in [-0.05, 0) is 4.90 Å². The van der Waals surface area contributed by atoms with Gasteiger partial charge in [0.25, 0.3) is 5.69 Å². The van der Waals surface area contributed by atoms with E-state index >= 15 is 0 Å². The van der Waals surface area contributed by atoms with Crippen molar-refractivity contribution in [2.24, 2.45) is 0 Å². The highest BCUT2D eigenvalue weighted by Crippen LogP contribution is 2.07. The molecule has 0 aliphatic carbocycles. The van der Waals surface area contributed by atoms with Crippen LogP contribution in [-0.4, -0.2) is 16.8 Å². The molecule has 0 radical (unpaired) electrons. The van der Waals surface area contributed by atoms with E-state index in [0.29, 0.717) is 0 Å². The number of hydrogen-bond acceptors (Lipinski definition) is 5. The molecule has 1 heterocycles. The number of hydrogen-bond donors (Lipinski definition) is 1. The van der Waals surface area contributed by atoms with Crippen molar-refractivity contribution >= 4 is 17.5 Å². The second-order valence-corrected chi connectivity index (χ2v) is 2.36. The lowest BCUT2D eigenvalue weighted by atomic mass is 10.3. The molecule has 0 spiro atoms. The SMILES string of the molecule is CC(=O)Nc1no[n+]([O-])c1C(C)=O. The fourth-order valence-corrected chi connectivity index (χ4v) is 0.792. The van der Waals surface area contributed by atoms with Crippen LogP contribution < -0.4 is 10.2 Å². The molecule has 0 unspecified atom stereocenters. The first-order valence-electron chi connectivity index (χ1n) is 3.40. The van der Waals surface area contributed by atoms with Gasteiger partial charge in [-0.15, -0.1) is 0 Å². The number of anilines is 1. The Kier molecular flexibility index (Phi) is 2.27. The zero-order valence-corrected chi connectivity index (χ0v) is 7.03. The van der Waals surface area contributed by atoms with Crippen molar-refractivity contribution in [1.82, 2.24) is 5.16 Å². The van der Waals surface area contributed by atoms with E-state index in [0.717, 1.165) is 0 Å². The lowest BCUT2D eigenvalue weighted by Crippen LogP contribution is -2.31. The average molecular weight is 185 g/mol. The van der Waals surface area contributed by atoms with Gasteiger partial charge in [-0.1, -0.05) is 0 Å². The largest absolute Gasteiger partial charge is 0.359 e. The monoisotopic (exact) mass is 185 g/mol. The van der Waals surface area contributed by atoms with Crippen LogP contribution in [0.1, 0.15) is 24.3 Å². The Morgan fingerprint density at radius 2 is 2.15 bits per heavy atom. The van der Waals surface area contributed by atoms with Gasteiger partial charge in [-0.25, -0.2) is 0 Å². The molecule has 7 nitrogen and oxygen atoms in total. The Balaban J connectivity index is 3.07. The van der Waals surface area contributed by atoms with Gasteiger partial charge in [0.1, 0.15) is 0 Å². The number of Topliss-reactive ketones (excluding diaryl/α,β-unsaturated/α-hetero) is 1. The summed E-state index contributed by atoms with van der Waals surface area (Å²) in [5.41, 5.74) is -0.310. The molecule has 0 aromatic carbocycles. The molecule has 1 amide bonds. The summed E-state index contributed by atoms with van der Waals surface area (Å²) in [7, 11) is 0. The van der Waals surface area contributed by atoms with Crippen molar-refractivity contribution in [2.75, 3.05) is 5.32 Å². The first-order chi connectivity index (χ1) is 6.02. The normalized spacial score (nSPS) is 9.69. The fraction of sp³-hybridized carbons (Fsp3) is 0.333. The molecule has 13 heavy (non-hydrogen) atoms. The second-order valence-electron chi connectivity index (χ2n) is 2.36. The number of ketones is 1. The van der Waals surface area contributed by atoms with Gasteiger partial charge in [0, 0.05) is 13.8 Å². The quantitative estimate of drug-likeness (QED) is 0.493. The highest BCUT2D eigenvalue weighted by molar-refractivity contribution is 5.99. The van der Waals surface area contributed by atoms with Crippen LogP contribution in [-0.2, 0) is 4.79 Å². The van der Waals surface area contributed by atoms with Crippen LogP contribution in [0.5, 0.6) is 0 Å². The standard InChI is InChI=1S/C6H7N3O4/c1-3(10)5-6(7-4(2)11)8-13-9(5)12/h1-2H3,(H,7,8,11). The van der Waals surface area contributed by atoms with E-state index in [2.05, 4.69) is 15.1 Å². The minimum absolute atomic E-state index is 0.0480. The van der Waals surface area contributed by atoms with E-state index in [1.165, 1.54) is 13.8 Å². The van der Waals surface area contributed by atoms with Gasteiger partial charge in [0.05, 0.1) is 5.16 Å². The minimum atomic E-state index is -0.528. The summed E-state index contributed by atoms with van der Waals surface area (Å²) in [5.74, 6) is -1.12. The highest BCUT2D eigenvalue weighted by Gasteiger charge is 2.23. The van der Waals surface area contributed by atoms with Crippen molar-refractivity contribution in [2.45, 2.75) is 13.8 Å². The van der Waals surface area contributed by atoms with E-state index < -0.39 is 11.7 Å². The Hall–Kier alpha value is -1.92. The molecule has 0 fully saturated rings. The summed E-state index contributed by atoms with van der Waals surface area (Å²) >= 11 is 0. The fourth-order valence-electron chi connectivity index (χ4n) is 0.792. The minimum Gasteiger partial charge on any atom is -0.359 e. The summed E-state index contributed by atoms with van der Waals surface area (Å²) in [6.45, 7) is 2.40. The van der Waals surface area contributed by atoms with Crippen LogP contribution in [0.3, 0.4) is 0 Å². The highest BCUT2D eigenvalue weighted by atomic mass is 16.8. The lowest BCUT2D eigenvalue weighted by molar-refractivity contribution is -0.803. The number of carbonyl (C=O) groups excluding carboxylic acids is 2. The maximum Gasteiger partial charge on any atom is 0.325 e. The molecule has 0 atom stereocenters. The zero-order valence-electron chi connectivity index (χ0n) is 7.03. The van der Waals surface area contributed by atoms with Crippen LogP contribution in [0, 0.1) is 5.21 Å². The first kappa shape index (κ1) is 9.17. The molecule has 1 aromatic heterocycles. The summed E-state index contributed by atoms with van der Waals surface area (Å²) in [5, 5.41) is 16.2. The molecule has 0 bridgehead atoms. The molecule has 0 saturated carbocycles. The van der Waals surface area contributed by atoms with Crippen molar-refractivity contribution in [3.05, 3.63) is 10.9 Å². The Morgan fingerprint density at radius 1 is 1.54 bits per heavy atom. The van der Waals surface area contributed by atoms with Crippen LogP contribution in [0.2, 0.25) is 0 Å². The van der Waals surface area contributed by atoms with Crippen molar-refractivity contribution in [3.8, 4) is 0 Å². The third-order valence-electron chi connectivity index (χ3n) is 1.24.